The van der Waals surface area contributed by atoms with E-state index in [0.29, 0.717) is 11.0 Å². The van der Waals surface area contributed by atoms with E-state index < -0.39 is 0 Å². The molecular weight excluding hydrogens is 216 g/mol. The Morgan fingerprint density at radius 1 is 1.47 bits per heavy atom. The van der Waals surface area contributed by atoms with Gasteiger partial charge in [-0.05, 0) is 37.7 Å². The summed E-state index contributed by atoms with van der Waals surface area (Å²) in [6.45, 7) is 4.88. The zero-order valence-electron chi connectivity index (χ0n) is 10.3. The molecule has 92 valence electrons. The Bertz CT molecular complexity index is 439. The number of rotatable bonds is 5. The second kappa shape index (κ2) is 4.35. The Morgan fingerprint density at radius 3 is 2.71 bits per heavy atom. The van der Waals surface area contributed by atoms with Crippen molar-refractivity contribution in [2.45, 2.75) is 33.1 Å². The fraction of sp³-hybridized carbons (Fsp3) is 0.538. The van der Waals surface area contributed by atoms with Gasteiger partial charge >= 0.3 is 0 Å². The third kappa shape index (κ3) is 2.57. The Labute approximate surface area is 101 Å². The summed E-state index contributed by atoms with van der Waals surface area (Å²) in [5, 5.41) is 14.1. The smallest absolute Gasteiger partial charge is 0.274 e. The van der Waals surface area contributed by atoms with Gasteiger partial charge in [-0.3, -0.25) is 10.1 Å². The average Bonchev–Trinajstić information content (AvgIpc) is 3.08. The van der Waals surface area contributed by atoms with Crippen LogP contribution in [0.3, 0.4) is 0 Å². The van der Waals surface area contributed by atoms with E-state index in [0.717, 1.165) is 12.2 Å². The third-order valence-corrected chi connectivity index (χ3v) is 3.78. The van der Waals surface area contributed by atoms with Crippen molar-refractivity contribution in [1.82, 2.24) is 0 Å². The maximum absolute atomic E-state index is 10.8. The average molecular weight is 234 g/mol. The van der Waals surface area contributed by atoms with Crippen molar-refractivity contribution in [3.8, 4) is 0 Å². The summed E-state index contributed by atoms with van der Waals surface area (Å²) in [5.41, 5.74) is 2.19. The molecule has 0 spiro atoms. The molecule has 0 saturated heterocycles. The van der Waals surface area contributed by atoms with Gasteiger partial charge in [0.1, 0.15) is 0 Å². The van der Waals surface area contributed by atoms with Crippen molar-refractivity contribution in [1.29, 1.82) is 0 Å². The Hall–Kier alpha value is -1.58. The van der Waals surface area contributed by atoms with E-state index in [2.05, 4.69) is 12.2 Å². The zero-order chi connectivity index (χ0) is 12.5. The number of aryl methyl sites for hydroxylation is 1. The van der Waals surface area contributed by atoms with E-state index >= 15 is 0 Å². The standard InChI is InChI=1S/C13H18N2O2/c1-3-13(6-7-13)9-14-11-5-4-10(2)12(8-11)15(16)17/h4-5,8,14H,3,6-7,9H2,1-2H3. The molecule has 4 nitrogen and oxygen atoms in total. The summed E-state index contributed by atoms with van der Waals surface area (Å²) in [7, 11) is 0. The van der Waals surface area contributed by atoms with Gasteiger partial charge in [0.25, 0.3) is 5.69 Å². The van der Waals surface area contributed by atoms with Crippen molar-refractivity contribution in [3.05, 3.63) is 33.9 Å². The molecule has 2 rings (SSSR count). The first-order valence-electron chi connectivity index (χ1n) is 6.05. The monoisotopic (exact) mass is 234 g/mol. The van der Waals surface area contributed by atoms with Crippen LogP contribution in [0.1, 0.15) is 31.7 Å². The van der Waals surface area contributed by atoms with Crippen molar-refractivity contribution >= 4 is 11.4 Å². The summed E-state index contributed by atoms with van der Waals surface area (Å²) >= 11 is 0. The molecule has 1 N–H and O–H groups in total. The molecule has 0 aromatic heterocycles. The first kappa shape index (κ1) is 11.9. The molecule has 0 aliphatic heterocycles. The second-order valence-corrected chi connectivity index (χ2v) is 4.97. The van der Waals surface area contributed by atoms with E-state index in [9.17, 15) is 10.1 Å². The highest BCUT2D eigenvalue weighted by Gasteiger charge is 2.40. The van der Waals surface area contributed by atoms with Crippen molar-refractivity contribution in [3.63, 3.8) is 0 Å². The molecule has 0 bridgehead atoms. The number of nitro groups is 1. The fourth-order valence-electron chi connectivity index (χ4n) is 2.04. The number of benzene rings is 1. The van der Waals surface area contributed by atoms with Crippen LogP contribution < -0.4 is 5.32 Å². The second-order valence-electron chi connectivity index (χ2n) is 4.97. The highest BCUT2D eigenvalue weighted by Crippen LogP contribution is 2.48. The van der Waals surface area contributed by atoms with Crippen LogP contribution in [0.5, 0.6) is 0 Å². The van der Waals surface area contributed by atoms with Crippen LogP contribution in [0.4, 0.5) is 11.4 Å². The predicted octanol–water partition coefficient (Wildman–Crippen LogP) is 3.51. The SMILES string of the molecule is CCC1(CNc2ccc(C)c([N+](=O)[O-])c2)CC1. The maximum Gasteiger partial charge on any atom is 0.274 e. The van der Waals surface area contributed by atoms with Gasteiger partial charge in [-0.15, -0.1) is 0 Å². The van der Waals surface area contributed by atoms with Crippen LogP contribution >= 0.6 is 0 Å². The topological polar surface area (TPSA) is 55.2 Å². The van der Waals surface area contributed by atoms with Crippen molar-refractivity contribution in [2.24, 2.45) is 5.41 Å². The molecule has 1 fully saturated rings. The lowest BCUT2D eigenvalue weighted by atomic mass is 10.0. The molecule has 17 heavy (non-hydrogen) atoms. The number of hydrogen-bond acceptors (Lipinski definition) is 3. The fourth-order valence-corrected chi connectivity index (χ4v) is 2.04. The molecule has 1 aliphatic carbocycles. The zero-order valence-corrected chi connectivity index (χ0v) is 10.3. The van der Waals surface area contributed by atoms with Crippen LogP contribution in [-0.4, -0.2) is 11.5 Å². The Balaban J connectivity index is 2.06. The Morgan fingerprint density at radius 2 is 2.18 bits per heavy atom. The first-order valence-corrected chi connectivity index (χ1v) is 6.05. The van der Waals surface area contributed by atoms with Crippen LogP contribution in [-0.2, 0) is 0 Å². The summed E-state index contributed by atoms with van der Waals surface area (Å²) in [6, 6.07) is 5.33. The molecule has 0 atom stereocenters. The third-order valence-electron chi connectivity index (χ3n) is 3.78. The molecule has 0 amide bonds. The number of nitrogens with zero attached hydrogens (tertiary/aromatic N) is 1. The minimum atomic E-state index is -0.326. The molecular formula is C13H18N2O2. The molecule has 1 aromatic rings. The minimum Gasteiger partial charge on any atom is -0.384 e. The van der Waals surface area contributed by atoms with Gasteiger partial charge in [-0.25, -0.2) is 0 Å². The number of anilines is 1. The number of hydrogen-bond donors (Lipinski definition) is 1. The molecule has 1 aromatic carbocycles. The summed E-state index contributed by atoms with van der Waals surface area (Å²) in [6.07, 6.45) is 3.71. The Kier molecular flexibility index (Phi) is 3.05. The van der Waals surface area contributed by atoms with Gasteiger partial charge in [0.2, 0.25) is 0 Å². The highest BCUT2D eigenvalue weighted by atomic mass is 16.6. The van der Waals surface area contributed by atoms with Gasteiger partial charge in [-0.1, -0.05) is 13.0 Å². The first-order chi connectivity index (χ1) is 8.06. The van der Waals surface area contributed by atoms with Crippen molar-refractivity contribution in [2.75, 3.05) is 11.9 Å². The minimum absolute atomic E-state index is 0.191. The van der Waals surface area contributed by atoms with Gasteiger partial charge < -0.3 is 5.32 Å². The largest absolute Gasteiger partial charge is 0.384 e. The molecule has 0 radical (unpaired) electrons. The van der Waals surface area contributed by atoms with Crippen LogP contribution in [0, 0.1) is 22.5 Å². The lowest BCUT2D eigenvalue weighted by Crippen LogP contribution is -2.14. The van der Waals surface area contributed by atoms with Gasteiger partial charge in [-0.2, -0.15) is 0 Å². The number of nitrogens with one attached hydrogen (secondary N) is 1. The molecule has 4 heteroatoms. The summed E-state index contributed by atoms with van der Waals surface area (Å²) in [4.78, 5) is 10.5. The quantitative estimate of drug-likeness (QED) is 0.626. The van der Waals surface area contributed by atoms with Crippen molar-refractivity contribution < 1.29 is 4.92 Å². The van der Waals surface area contributed by atoms with E-state index in [4.69, 9.17) is 0 Å². The van der Waals surface area contributed by atoms with Gasteiger partial charge in [0.05, 0.1) is 4.92 Å². The highest BCUT2D eigenvalue weighted by molar-refractivity contribution is 5.55. The summed E-state index contributed by atoms with van der Waals surface area (Å²) in [5.74, 6) is 0. The molecule has 0 heterocycles. The lowest BCUT2D eigenvalue weighted by molar-refractivity contribution is -0.385. The van der Waals surface area contributed by atoms with Gasteiger partial charge in [0.15, 0.2) is 0 Å². The molecule has 0 unspecified atom stereocenters. The van der Waals surface area contributed by atoms with E-state index in [1.54, 1.807) is 19.1 Å². The molecule has 1 saturated carbocycles. The summed E-state index contributed by atoms with van der Waals surface area (Å²) < 4.78 is 0. The lowest BCUT2D eigenvalue weighted by Gasteiger charge is -2.14. The van der Waals surface area contributed by atoms with E-state index in [1.807, 2.05) is 6.07 Å². The maximum atomic E-state index is 10.8. The predicted molar refractivity (Wildman–Crippen MR) is 68.3 cm³/mol. The van der Waals surface area contributed by atoms with Crippen LogP contribution in [0.25, 0.3) is 0 Å². The normalized spacial score (nSPS) is 16.6. The van der Waals surface area contributed by atoms with Crippen LogP contribution in [0.2, 0.25) is 0 Å². The number of nitro benzene ring substituents is 1. The van der Waals surface area contributed by atoms with Crippen LogP contribution in [0.15, 0.2) is 18.2 Å². The van der Waals surface area contributed by atoms with Gasteiger partial charge in [0, 0.05) is 23.9 Å². The molecule has 1 aliphatic rings. The van der Waals surface area contributed by atoms with E-state index in [1.165, 1.54) is 19.3 Å². The van der Waals surface area contributed by atoms with E-state index in [-0.39, 0.29) is 10.6 Å².